The van der Waals surface area contributed by atoms with E-state index in [-0.39, 0.29) is 11.9 Å². The van der Waals surface area contributed by atoms with E-state index < -0.39 is 5.54 Å². The Labute approximate surface area is 104 Å². The first kappa shape index (κ1) is 12.8. The summed E-state index contributed by atoms with van der Waals surface area (Å²) in [5, 5.41) is 3.06. The lowest BCUT2D eigenvalue weighted by molar-refractivity contribution is -0.127. The maximum atomic E-state index is 12.1. The van der Waals surface area contributed by atoms with E-state index in [9.17, 15) is 4.79 Å². The molecule has 0 aromatic heterocycles. The highest BCUT2D eigenvalue weighted by molar-refractivity contribution is 5.86. The lowest BCUT2D eigenvalue weighted by atomic mass is 9.96. The third-order valence-corrected chi connectivity index (χ3v) is 4.02. The van der Waals surface area contributed by atoms with Crippen molar-refractivity contribution in [3.05, 3.63) is 0 Å². The highest BCUT2D eigenvalue weighted by atomic mass is 16.2. The van der Waals surface area contributed by atoms with Gasteiger partial charge in [0.05, 0.1) is 5.54 Å². The molecule has 2 fully saturated rings. The summed E-state index contributed by atoms with van der Waals surface area (Å²) in [4.78, 5) is 14.5. The smallest absolute Gasteiger partial charge is 0.240 e. The molecule has 1 saturated carbocycles. The quantitative estimate of drug-likeness (QED) is 0.743. The standard InChI is InChI=1S/C13H25N3O/c1-10(9-16-7-3-4-8-16)15-12(17)13(2,14)11-5-6-11/h10-11H,3-9,14H2,1-2H3,(H,15,17). The largest absolute Gasteiger partial charge is 0.351 e. The summed E-state index contributed by atoms with van der Waals surface area (Å²) in [7, 11) is 0. The van der Waals surface area contributed by atoms with Crippen LogP contribution in [-0.2, 0) is 4.79 Å². The molecule has 0 radical (unpaired) electrons. The molecule has 1 saturated heterocycles. The van der Waals surface area contributed by atoms with E-state index in [0.717, 1.165) is 19.4 Å². The van der Waals surface area contributed by atoms with Gasteiger partial charge in [-0.05, 0) is 58.5 Å². The fraction of sp³-hybridized carbons (Fsp3) is 0.923. The van der Waals surface area contributed by atoms with Gasteiger partial charge >= 0.3 is 0 Å². The second kappa shape index (κ2) is 4.94. The molecule has 0 aromatic rings. The Bertz CT molecular complexity index is 280. The van der Waals surface area contributed by atoms with Crippen LogP contribution in [0.2, 0.25) is 0 Å². The van der Waals surface area contributed by atoms with Crippen LogP contribution in [0.5, 0.6) is 0 Å². The van der Waals surface area contributed by atoms with Gasteiger partial charge in [-0.2, -0.15) is 0 Å². The number of nitrogens with one attached hydrogen (secondary N) is 1. The average Bonchev–Trinajstić information content (AvgIpc) is 3.00. The summed E-state index contributed by atoms with van der Waals surface area (Å²) in [5.41, 5.74) is 5.43. The highest BCUT2D eigenvalue weighted by Gasteiger charge is 2.44. The van der Waals surface area contributed by atoms with Crippen LogP contribution in [-0.4, -0.2) is 42.0 Å². The number of likely N-dealkylation sites (tertiary alicyclic amines) is 1. The van der Waals surface area contributed by atoms with Crippen molar-refractivity contribution in [3.63, 3.8) is 0 Å². The topological polar surface area (TPSA) is 58.4 Å². The number of nitrogens with two attached hydrogens (primary N) is 1. The minimum Gasteiger partial charge on any atom is -0.351 e. The number of carbonyl (C=O) groups excluding carboxylic acids is 1. The molecule has 1 amide bonds. The Kier molecular flexibility index (Phi) is 3.73. The number of amides is 1. The molecule has 2 rings (SSSR count). The first-order valence-corrected chi connectivity index (χ1v) is 6.82. The predicted molar refractivity (Wildman–Crippen MR) is 68.6 cm³/mol. The Morgan fingerprint density at radius 1 is 1.47 bits per heavy atom. The van der Waals surface area contributed by atoms with E-state index in [4.69, 9.17) is 5.73 Å². The zero-order chi connectivity index (χ0) is 12.5. The molecular formula is C13H25N3O. The van der Waals surface area contributed by atoms with E-state index in [1.165, 1.54) is 25.9 Å². The van der Waals surface area contributed by atoms with Gasteiger partial charge in [0.25, 0.3) is 0 Å². The Hall–Kier alpha value is -0.610. The molecule has 4 nitrogen and oxygen atoms in total. The van der Waals surface area contributed by atoms with Crippen molar-refractivity contribution in [2.24, 2.45) is 11.7 Å². The fourth-order valence-corrected chi connectivity index (χ4v) is 2.65. The van der Waals surface area contributed by atoms with Crippen LogP contribution >= 0.6 is 0 Å². The van der Waals surface area contributed by atoms with Gasteiger partial charge in [0.2, 0.25) is 5.91 Å². The van der Waals surface area contributed by atoms with Crippen LogP contribution in [0.25, 0.3) is 0 Å². The minimum atomic E-state index is -0.667. The number of hydrogen-bond donors (Lipinski definition) is 2. The van der Waals surface area contributed by atoms with Crippen LogP contribution in [0.1, 0.15) is 39.5 Å². The molecule has 0 aromatic carbocycles. The van der Waals surface area contributed by atoms with Gasteiger partial charge < -0.3 is 16.0 Å². The third kappa shape index (κ3) is 3.19. The van der Waals surface area contributed by atoms with E-state index in [2.05, 4.69) is 17.1 Å². The molecule has 2 atom stereocenters. The van der Waals surface area contributed by atoms with Gasteiger partial charge in [-0.3, -0.25) is 4.79 Å². The van der Waals surface area contributed by atoms with Crippen LogP contribution in [0.4, 0.5) is 0 Å². The number of rotatable bonds is 5. The van der Waals surface area contributed by atoms with Crippen molar-refractivity contribution in [1.82, 2.24) is 10.2 Å². The third-order valence-electron chi connectivity index (χ3n) is 4.02. The van der Waals surface area contributed by atoms with Crippen molar-refractivity contribution >= 4 is 5.91 Å². The second-order valence-corrected chi connectivity index (χ2v) is 5.94. The molecule has 2 aliphatic rings. The average molecular weight is 239 g/mol. The van der Waals surface area contributed by atoms with Gasteiger partial charge in [0, 0.05) is 12.6 Å². The Morgan fingerprint density at radius 3 is 2.59 bits per heavy atom. The highest BCUT2D eigenvalue weighted by Crippen LogP contribution is 2.38. The van der Waals surface area contributed by atoms with Gasteiger partial charge in [0.15, 0.2) is 0 Å². The summed E-state index contributed by atoms with van der Waals surface area (Å²) in [6.45, 7) is 7.22. The summed E-state index contributed by atoms with van der Waals surface area (Å²) in [6.07, 6.45) is 4.77. The van der Waals surface area contributed by atoms with Crippen molar-refractivity contribution in [2.45, 2.75) is 51.1 Å². The minimum absolute atomic E-state index is 0.0201. The van der Waals surface area contributed by atoms with E-state index >= 15 is 0 Å². The predicted octanol–water partition coefficient (Wildman–Crippen LogP) is 0.714. The number of carbonyl (C=O) groups is 1. The van der Waals surface area contributed by atoms with E-state index in [0.29, 0.717) is 5.92 Å². The summed E-state index contributed by atoms with van der Waals surface area (Å²) >= 11 is 0. The van der Waals surface area contributed by atoms with Crippen molar-refractivity contribution in [2.75, 3.05) is 19.6 Å². The maximum Gasteiger partial charge on any atom is 0.240 e. The molecule has 1 aliphatic carbocycles. The van der Waals surface area contributed by atoms with E-state index in [1.54, 1.807) is 0 Å². The van der Waals surface area contributed by atoms with Crippen LogP contribution in [0.3, 0.4) is 0 Å². The first-order chi connectivity index (χ1) is 8.00. The van der Waals surface area contributed by atoms with Gasteiger partial charge in [0.1, 0.15) is 0 Å². The zero-order valence-electron chi connectivity index (χ0n) is 11.0. The summed E-state index contributed by atoms with van der Waals surface area (Å²) in [5.74, 6) is 0.410. The molecule has 17 heavy (non-hydrogen) atoms. The SMILES string of the molecule is CC(CN1CCCC1)NC(=O)C(C)(N)C1CC1. The number of nitrogens with zero attached hydrogens (tertiary/aromatic N) is 1. The normalized spacial score (nSPS) is 26.5. The van der Waals surface area contributed by atoms with Crippen molar-refractivity contribution in [3.8, 4) is 0 Å². The molecule has 1 heterocycles. The molecule has 98 valence electrons. The van der Waals surface area contributed by atoms with E-state index in [1.807, 2.05) is 6.92 Å². The zero-order valence-corrected chi connectivity index (χ0v) is 11.0. The molecule has 0 spiro atoms. The maximum absolute atomic E-state index is 12.1. The van der Waals surface area contributed by atoms with Crippen molar-refractivity contribution < 1.29 is 4.79 Å². The summed E-state index contributed by atoms with van der Waals surface area (Å²) in [6, 6.07) is 0.197. The summed E-state index contributed by atoms with van der Waals surface area (Å²) < 4.78 is 0. The molecule has 4 heteroatoms. The first-order valence-electron chi connectivity index (χ1n) is 6.82. The molecule has 0 bridgehead atoms. The molecule has 3 N–H and O–H groups in total. The van der Waals surface area contributed by atoms with Gasteiger partial charge in [-0.15, -0.1) is 0 Å². The second-order valence-electron chi connectivity index (χ2n) is 5.94. The van der Waals surface area contributed by atoms with Crippen LogP contribution in [0.15, 0.2) is 0 Å². The lowest BCUT2D eigenvalue weighted by Gasteiger charge is -2.27. The molecule has 2 unspecified atom stereocenters. The van der Waals surface area contributed by atoms with Crippen molar-refractivity contribution in [1.29, 1.82) is 0 Å². The number of hydrogen-bond acceptors (Lipinski definition) is 3. The van der Waals surface area contributed by atoms with Gasteiger partial charge in [-0.1, -0.05) is 0 Å². The fourth-order valence-electron chi connectivity index (χ4n) is 2.65. The van der Waals surface area contributed by atoms with Gasteiger partial charge in [-0.25, -0.2) is 0 Å². The Balaban J connectivity index is 1.77. The monoisotopic (exact) mass is 239 g/mol. The molecular weight excluding hydrogens is 214 g/mol. The van der Waals surface area contributed by atoms with Crippen LogP contribution < -0.4 is 11.1 Å². The lowest BCUT2D eigenvalue weighted by Crippen LogP contribution is -2.56. The van der Waals surface area contributed by atoms with Crippen LogP contribution in [0, 0.1) is 5.92 Å². The molecule has 1 aliphatic heterocycles. The Morgan fingerprint density at radius 2 is 2.06 bits per heavy atom.